The molecule has 0 rings (SSSR count). The molecule has 0 amide bonds. The van der Waals surface area contributed by atoms with Crippen LogP contribution < -0.4 is 0 Å². The van der Waals surface area contributed by atoms with Gasteiger partial charge in [-0.15, -0.1) is 0 Å². The van der Waals surface area contributed by atoms with Crippen LogP contribution in [0.25, 0.3) is 0 Å². The molecule has 58 valence electrons. The molecular weight excluding hydrogens is 132 g/mol. The molecule has 0 aliphatic rings. The van der Waals surface area contributed by atoms with Crippen molar-refractivity contribution in [3.05, 3.63) is 0 Å². The number of aliphatic carboxylic acids is 1. The average Bonchev–Trinajstić information content (AvgIpc) is 1.90. The Bertz CT molecular complexity index is 131. The van der Waals surface area contributed by atoms with E-state index in [4.69, 9.17) is 5.11 Å². The second kappa shape index (κ2) is 4.04. The van der Waals surface area contributed by atoms with Gasteiger partial charge in [0.1, 0.15) is 6.29 Å². The van der Waals surface area contributed by atoms with E-state index in [2.05, 4.69) is 0 Å². The molecule has 0 heterocycles. The lowest BCUT2D eigenvalue weighted by Gasteiger charge is -2.10. The summed E-state index contributed by atoms with van der Waals surface area (Å²) in [5.74, 6) is -1.79. The van der Waals surface area contributed by atoms with Crippen molar-refractivity contribution in [1.29, 1.82) is 0 Å². The molecular formula is C7H12O3. The monoisotopic (exact) mass is 144 g/mol. The number of carboxylic acids is 1. The van der Waals surface area contributed by atoms with Crippen LogP contribution >= 0.6 is 0 Å². The van der Waals surface area contributed by atoms with Crippen LogP contribution in [-0.4, -0.2) is 17.4 Å². The minimum absolute atomic E-state index is 0.336. The zero-order valence-corrected chi connectivity index (χ0v) is 6.20. The maximum absolute atomic E-state index is 10.3. The van der Waals surface area contributed by atoms with Crippen molar-refractivity contribution in [2.45, 2.75) is 20.3 Å². The number of carboxylic acid groups (broad SMARTS) is 1. The molecule has 0 aliphatic heterocycles. The topological polar surface area (TPSA) is 54.4 Å². The first-order chi connectivity index (χ1) is 4.63. The quantitative estimate of drug-likeness (QED) is 0.597. The van der Waals surface area contributed by atoms with Crippen LogP contribution in [0.4, 0.5) is 0 Å². The summed E-state index contributed by atoms with van der Waals surface area (Å²) in [6.45, 7) is 3.35. The molecule has 0 aromatic carbocycles. The van der Waals surface area contributed by atoms with Gasteiger partial charge in [0.15, 0.2) is 0 Å². The second-order valence-corrected chi connectivity index (χ2v) is 2.34. The molecule has 0 spiro atoms. The van der Waals surface area contributed by atoms with Crippen LogP contribution in [0.15, 0.2) is 0 Å². The third kappa shape index (κ3) is 2.17. The molecule has 0 fully saturated rings. The van der Waals surface area contributed by atoms with Gasteiger partial charge in [-0.05, 0) is 6.42 Å². The minimum Gasteiger partial charge on any atom is -0.481 e. The molecule has 0 aromatic heterocycles. The van der Waals surface area contributed by atoms with Crippen molar-refractivity contribution in [2.24, 2.45) is 11.8 Å². The summed E-state index contributed by atoms with van der Waals surface area (Å²) in [5.41, 5.74) is 0. The van der Waals surface area contributed by atoms with Gasteiger partial charge >= 0.3 is 5.97 Å². The van der Waals surface area contributed by atoms with E-state index in [0.29, 0.717) is 12.7 Å². The summed E-state index contributed by atoms with van der Waals surface area (Å²) in [6.07, 6.45) is 1.30. The Hall–Kier alpha value is -0.860. The summed E-state index contributed by atoms with van der Waals surface area (Å²) in [4.78, 5) is 20.5. The van der Waals surface area contributed by atoms with E-state index in [1.54, 1.807) is 13.8 Å². The van der Waals surface area contributed by atoms with E-state index < -0.39 is 11.9 Å². The molecule has 3 nitrogen and oxygen atoms in total. The van der Waals surface area contributed by atoms with Gasteiger partial charge in [-0.3, -0.25) is 4.79 Å². The van der Waals surface area contributed by atoms with Crippen molar-refractivity contribution in [1.82, 2.24) is 0 Å². The summed E-state index contributed by atoms with van der Waals surface area (Å²) >= 11 is 0. The van der Waals surface area contributed by atoms with Gasteiger partial charge in [0.05, 0.1) is 5.92 Å². The number of hydrogen-bond donors (Lipinski definition) is 1. The summed E-state index contributed by atoms with van der Waals surface area (Å²) < 4.78 is 0. The maximum Gasteiger partial charge on any atom is 0.306 e. The molecule has 2 atom stereocenters. The van der Waals surface area contributed by atoms with Gasteiger partial charge in [0.25, 0.3) is 0 Å². The number of hydrogen-bond acceptors (Lipinski definition) is 2. The predicted molar refractivity (Wildman–Crippen MR) is 36.6 cm³/mol. The molecule has 3 heteroatoms. The van der Waals surface area contributed by atoms with Crippen molar-refractivity contribution in [3.8, 4) is 0 Å². The fraction of sp³-hybridized carbons (Fsp3) is 0.714. The molecule has 0 bridgehead atoms. The fourth-order valence-electron chi connectivity index (χ4n) is 0.751. The zero-order valence-electron chi connectivity index (χ0n) is 6.20. The van der Waals surface area contributed by atoms with Crippen LogP contribution in [0, 0.1) is 11.8 Å². The van der Waals surface area contributed by atoms with Crippen molar-refractivity contribution in [2.75, 3.05) is 0 Å². The Kier molecular flexibility index (Phi) is 3.69. The molecule has 1 N–H and O–H groups in total. The lowest BCUT2D eigenvalue weighted by atomic mass is 9.93. The molecule has 2 unspecified atom stereocenters. The van der Waals surface area contributed by atoms with E-state index in [-0.39, 0.29) is 5.92 Å². The number of carbonyl (C=O) groups excluding carboxylic acids is 1. The number of carbonyl (C=O) groups is 2. The molecule has 0 radical (unpaired) electrons. The summed E-state index contributed by atoms with van der Waals surface area (Å²) in [6, 6.07) is 0. The van der Waals surface area contributed by atoms with Gasteiger partial charge < -0.3 is 9.90 Å². The van der Waals surface area contributed by atoms with Gasteiger partial charge in [-0.2, -0.15) is 0 Å². The van der Waals surface area contributed by atoms with Gasteiger partial charge in [0, 0.05) is 5.92 Å². The highest BCUT2D eigenvalue weighted by molar-refractivity contribution is 5.74. The van der Waals surface area contributed by atoms with E-state index >= 15 is 0 Å². The van der Waals surface area contributed by atoms with Gasteiger partial charge in [-0.25, -0.2) is 0 Å². The lowest BCUT2D eigenvalue weighted by molar-refractivity contribution is -0.144. The van der Waals surface area contributed by atoms with Crippen molar-refractivity contribution >= 4 is 12.3 Å². The highest BCUT2D eigenvalue weighted by Crippen LogP contribution is 2.12. The van der Waals surface area contributed by atoms with Crippen molar-refractivity contribution in [3.63, 3.8) is 0 Å². The lowest BCUT2D eigenvalue weighted by Crippen LogP contribution is -2.20. The Balaban J connectivity index is 4.00. The smallest absolute Gasteiger partial charge is 0.306 e. The molecule has 0 saturated heterocycles. The third-order valence-corrected chi connectivity index (χ3v) is 1.68. The Labute approximate surface area is 60.0 Å². The fourth-order valence-corrected chi connectivity index (χ4v) is 0.751. The van der Waals surface area contributed by atoms with Gasteiger partial charge in [-0.1, -0.05) is 13.8 Å². The second-order valence-electron chi connectivity index (χ2n) is 2.34. The third-order valence-electron chi connectivity index (χ3n) is 1.68. The van der Waals surface area contributed by atoms with Crippen LogP contribution in [0.3, 0.4) is 0 Å². The highest BCUT2D eigenvalue weighted by atomic mass is 16.4. The highest BCUT2D eigenvalue weighted by Gasteiger charge is 2.20. The van der Waals surface area contributed by atoms with Crippen LogP contribution in [0.1, 0.15) is 20.3 Å². The Morgan fingerprint density at radius 2 is 2.20 bits per heavy atom. The summed E-state index contributed by atoms with van der Waals surface area (Å²) in [5, 5.41) is 8.46. The minimum atomic E-state index is -0.904. The van der Waals surface area contributed by atoms with E-state index in [0.717, 1.165) is 0 Å². The Morgan fingerprint density at radius 1 is 1.70 bits per heavy atom. The first-order valence-electron chi connectivity index (χ1n) is 3.31. The first kappa shape index (κ1) is 9.14. The molecule has 0 aromatic rings. The van der Waals surface area contributed by atoms with E-state index in [1.807, 2.05) is 0 Å². The van der Waals surface area contributed by atoms with Crippen LogP contribution in [-0.2, 0) is 9.59 Å². The van der Waals surface area contributed by atoms with Crippen LogP contribution in [0.5, 0.6) is 0 Å². The Morgan fingerprint density at radius 3 is 2.30 bits per heavy atom. The zero-order chi connectivity index (χ0) is 8.15. The first-order valence-corrected chi connectivity index (χ1v) is 3.31. The normalized spacial score (nSPS) is 15.8. The van der Waals surface area contributed by atoms with Crippen LogP contribution in [0.2, 0.25) is 0 Å². The molecule has 10 heavy (non-hydrogen) atoms. The van der Waals surface area contributed by atoms with E-state index in [9.17, 15) is 9.59 Å². The molecule has 0 saturated carbocycles. The predicted octanol–water partition coefficient (Wildman–Crippen LogP) is 0.932. The molecule has 0 aliphatic carbocycles. The summed E-state index contributed by atoms with van der Waals surface area (Å²) in [7, 11) is 0. The average molecular weight is 144 g/mol. The maximum atomic E-state index is 10.3. The number of aldehydes is 1. The van der Waals surface area contributed by atoms with E-state index in [1.165, 1.54) is 0 Å². The number of rotatable bonds is 4. The van der Waals surface area contributed by atoms with Crippen molar-refractivity contribution < 1.29 is 14.7 Å². The van der Waals surface area contributed by atoms with Gasteiger partial charge in [0.2, 0.25) is 0 Å². The standard InChI is InChI=1S/C7H12O3/c1-3-6(4-8)5(2)7(9)10/h4-6H,3H2,1-2H3,(H,9,10). The largest absolute Gasteiger partial charge is 0.481 e. The SMILES string of the molecule is CCC(C=O)C(C)C(=O)O.